The second-order valence-electron chi connectivity index (χ2n) is 6.41. The summed E-state index contributed by atoms with van der Waals surface area (Å²) in [6.45, 7) is 4.76. The zero-order valence-corrected chi connectivity index (χ0v) is 14.9. The van der Waals surface area contributed by atoms with Gasteiger partial charge < -0.3 is 20.1 Å². The number of nitrogens with one attached hydrogen (secondary N) is 2. The minimum Gasteiger partial charge on any atom is -0.339 e. The topological polar surface area (TPSA) is 92.1 Å². The fourth-order valence-corrected chi connectivity index (χ4v) is 3.06. The van der Waals surface area contributed by atoms with Gasteiger partial charge in [-0.25, -0.2) is 4.79 Å². The molecule has 0 saturated carbocycles. The van der Waals surface area contributed by atoms with Crippen LogP contribution in [0.2, 0.25) is 0 Å². The molecular weight excluding hydrogens is 332 g/mol. The van der Waals surface area contributed by atoms with Gasteiger partial charge in [0.2, 0.25) is 0 Å². The van der Waals surface area contributed by atoms with E-state index in [0.717, 1.165) is 44.5 Å². The maximum Gasteiger partial charge on any atom is 0.319 e. The van der Waals surface area contributed by atoms with Crippen LogP contribution in [0.5, 0.6) is 0 Å². The highest BCUT2D eigenvalue weighted by Gasteiger charge is 2.21. The van der Waals surface area contributed by atoms with Gasteiger partial charge in [-0.1, -0.05) is 6.07 Å². The Morgan fingerprint density at radius 3 is 2.62 bits per heavy atom. The highest BCUT2D eigenvalue weighted by atomic mass is 16.2. The molecule has 0 radical (unpaired) electrons. The van der Waals surface area contributed by atoms with Crippen molar-refractivity contribution in [2.75, 3.05) is 25.0 Å². The van der Waals surface area contributed by atoms with E-state index >= 15 is 0 Å². The summed E-state index contributed by atoms with van der Waals surface area (Å²) >= 11 is 0. The molecule has 1 aliphatic heterocycles. The number of aromatic nitrogens is 3. The lowest BCUT2D eigenvalue weighted by molar-refractivity contribution is 0.0792. The van der Waals surface area contributed by atoms with Crippen LogP contribution in [0, 0.1) is 6.92 Å². The summed E-state index contributed by atoms with van der Waals surface area (Å²) in [5.41, 5.74) is 2.10. The van der Waals surface area contributed by atoms with E-state index in [0.29, 0.717) is 17.8 Å². The second kappa shape index (κ2) is 8.46. The minimum absolute atomic E-state index is 0.0398. The number of hydrogen-bond donors (Lipinski definition) is 2. The number of likely N-dealkylation sites (tertiary alicyclic amines) is 1. The van der Waals surface area contributed by atoms with Crippen molar-refractivity contribution in [3.05, 3.63) is 42.0 Å². The first kappa shape index (κ1) is 17.9. The fraction of sp³-hybridized carbons (Fsp3) is 0.444. The molecule has 0 bridgehead atoms. The molecule has 3 rings (SSSR count). The van der Waals surface area contributed by atoms with Gasteiger partial charge in [0.1, 0.15) is 12.7 Å². The molecule has 2 heterocycles. The normalized spacial score (nSPS) is 13.7. The lowest BCUT2D eigenvalue weighted by Crippen LogP contribution is -2.31. The number of anilines is 1. The number of urea groups is 1. The molecule has 8 nitrogen and oxygen atoms in total. The molecule has 2 aromatic rings. The molecule has 8 heteroatoms. The molecule has 3 amide bonds. The number of aryl methyl sites for hydroxylation is 1. The molecule has 1 fully saturated rings. The minimum atomic E-state index is -0.275. The third-order valence-electron chi connectivity index (χ3n) is 4.55. The Morgan fingerprint density at radius 2 is 1.88 bits per heavy atom. The molecule has 1 aromatic heterocycles. The summed E-state index contributed by atoms with van der Waals surface area (Å²) in [5.74, 6) is 0.0398. The van der Waals surface area contributed by atoms with Gasteiger partial charge in [0.25, 0.3) is 5.91 Å². The van der Waals surface area contributed by atoms with Crippen molar-refractivity contribution in [3.8, 4) is 0 Å². The summed E-state index contributed by atoms with van der Waals surface area (Å²) in [7, 11) is 0. The Labute approximate surface area is 152 Å². The van der Waals surface area contributed by atoms with E-state index in [-0.39, 0.29) is 11.9 Å². The number of nitrogens with zero attached hydrogens (tertiary/aromatic N) is 4. The fourth-order valence-electron chi connectivity index (χ4n) is 3.06. The van der Waals surface area contributed by atoms with Gasteiger partial charge in [-0.05, 0) is 43.9 Å². The van der Waals surface area contributed by atoms with Crippen LogP contribution >= 0.6 is 0 Å². The second-order valence-corrected chi connectivity index (χ2v) is 6.41. The Bertz CT molecular complexity index is 753. The van der Waals surface area contributed by atoms with Crippen molar-refractivity contribution in [2.45, 2.75) is 32.7 Å². The summed E-state index contributed by atoms with van der Waals surface area (Å²) < 4.78 is 1.86. The summed E-state index contributed by atoms with van der Waals surface area (Å²) in [5, 5.41) is 13.1. The van der Waals surface area contributed by atoms with Crippen LogP contribution < -0.4 is 10.6 Å². The Morgan fingerprint density at radius 1 is 1.15 bits per heavy atom. The van der Waals surface area contributed by atoms with Crippen LogP contribution in [0.25, 0.3) is 0 Å². The van der Waals surface area contributed by atoms with Crippen LogP contribution in [-0.2, 0) is 6.54 Å². The predicted octanol–water partition coefficient (Wildman–Crippen LogP) is 2.03. The van der Waals surface area contributed by atoms with Gasteiger partial charge >= 0.3 is 6.03 Å². The van der Waals surface area contributed by atoms with E-state index in [1.54, 1.807) is 18.7 Å². The highest BCUT2D eigenvalue weighted by molar-refractivity contribution is 5.99. The van der Waals surface area contributed by atoms with Gasteiger partial charge in [0, 0.05) is 37.4 Å². The molecular formula is C18H24N6O2. The highest BCUT2D eigenvalue weighted by Crippen LogP contribution is 2.22. The Hall–Kier alpha value is -2.90. The SMILES string of the molecule is Cc1c(NC(=O)NCCCn2cnnc2)cccc1C(=O)N1CCCC1. The van der Waals surface area contributed by atoms with Crippen LogP contribution in [-0.4, -0.2) is 51.2 Å². The maximum absolute atomic E-state index is 12.6. The first-order valence-corrected chi connectivity index (χ1v) is 8.91. The third-order valence-corrected chi connectivity index (χ3v) is 4.55. The lowest BCUT2D eigenvalue weighted by Gasteiger charge is -2.18. The molecule has 1 saturated heterocycles. The van der Waals surface area contributed by atoms with Gasteiger partial charge in [0.05, 0.1) is 0 Å². The Kier molecular flexibility index (Phi) is 5.83. The molecule has 0 aliphatic carbocycles. The third kappa shape index (κ3) is 4.38. The zero-order chi connectivity index (χ0) is 18.4. The van der Waals surface area contributed by atoms with E-state index in [2.05, 4.69) is 20.8 Å². The van der Waals surface area contributed by atoms with E-state index in [1.807, 2.05) is 28.5 Å². The quantitative estimate of drug-likeness (QED) is 0.775. The van der Waals surface area contributed by atoms with Crippen molar-refractivity contribution >= 4 is 17.6 Å². The average molecular weight is 356 g/mol. The van der Waals surface area contributed by atoms with Crippen LogP contribution in [0.1, 0.15) is 35.2 Å². The molecule has 1 aliphatic rings. The van der Waals surface area contributed by atoms with Gasteiger partial charge in [-0.15, -0.1) is 10.2 Å². The largest absolute Gasteiger partial charge is 0.339 e. The summed E-state index contributed by atoms with van der Waals surface area (Å²) in [6.07, 6.45) is 6.18. The van der Waals surface area contributed by atoms with Crippen molar-refractivity contribution in [3.63, 3.8) is 0 Å². The number of hydrogen-bond acceptors (Lipinski definition) is 4. The molecule has 26 heavy (non-hydrogen) atoms. The molecule has 138 valence electrons. The van der Waals surface area contributed by atoms with Gasteiger partial charge in [-0.3, -0.25) is 4.79 Å². The average Bonchev–Trinajstić information content (AvgIpc) is 3.34. The molecule has 2 N–H and O–H groups in total. The molecule has 0 unspecified atom stereocenters. The standard InChI is InChI=1S/C18H24N6O2/c1-14-15(17(25)24-10-2-3-11-24)6-4-7-16(14)22-18(26)19-8-5-9-23-12-20-21-13-23/h4,6-7,12-13H,2-3,5,8-11H2,1H3,(H2,19,22,26). The molecule has 0 spiro atoms. The number of carbonyl (C=O) groups excluding carboxylic acids is 2. The maximum atomic E-state index is 12.6. The van der Waals surface area contributed by atoms with Crippen molar-refractivity contribution in [1.29, 1.82) is 0 Å². The van der Waals surface area contributed by atoms with E-state index in [1.165, 1.54) is 0 Å². The van der Waals surface area contributed by atoms with E-state index < -0.39 is 0 Å². The van der Waals surface area contributed by atoms with Gasteiger partial charge in [-0.2, -0.15) is 0 Å². The number of amides is 3. The molecule has 0 atom stereocenters. The Balaban J connectivity index is 1.52. The lowest BCUT2D eigenvalue weighted by atomic mass is 10.1. The van der Waals surface area contributed by atoms with E-state index in [4.69, 9.17) is 0 Å². The molecule has 1 aromatic carbocycles. The number of benzene rings is 1. The number of carbonyl (C=O) groups is 2. The summed E-state index contributed by atoms with van der Waals surface area (Å²) in [6, 6.07) is 5.16. The monoisotopic (exact) mass is 356 g/mol. The predicted molar refractivity (Wildman–Crippen MR) is 98.0 cm³/mol. The first-order valence-electron chi connectivity index (χ1n) is 8.91. The summed E-state index contributed by atoms with van der Waals surface area (Å²) in [4.78, 5) is 26.6. The van der Waals surface area contributed by atoms with Crippen LogP contribution in [0.4, 0.5) is 10.5 Å². The van der Waals surface area contributed by atoms with Crippen molar-refractivity contribution < 1.29 is 9.59 Å². The zero-order valence-electron chi connectivity index (χ0n) is 14.9. The van der Waals surface area contributed by atoms with Crippen molar-refractivity contribution in [2.24, 2.45) is 0 Å². The number of rotatable bonds is 6. The smallest absolute Gasteiger partial charge is 0.319 e. The first-order chi connectivity index (χ1) is 12.6. The van der Waals surface area contributed by atoms with Crippen LogP contribution in [0.3, 0.4) is 0 Å². The van der Waals surface area contributed by atoms with Gasteiger partial charge in [0.15, 0.2) is 0 Å². The van der Waals surface area contributed by atoms with Crippen LogP contribution in [0.15, 0.2) is 30.9 Å². The van der Waals surface area contributed by atoms with Crippen molar-refractivity contribution in [1.82, 2.24) is 25.0 Å². The van der Waals surface area contributed by atoms with E-state index in [9.17, 15) is 9.59 Å².